The first-order valence-electron chi connectivity index (χ1n) is 7.42. The average Bonchev–Trinajstić information content (AvgIpc) is 2.59. The smallest absolute Gasteiger partial charge is 0.224 e. The van der Waals surface area contributed by atoms with Crippen molar-refractivity contribution in [1.82, 2.24) is 0 Å². The van der Waals surface area contributed by atoms with E-state index in [1.807, 2.05) is 18.2 Å². The van der Waals surface area contributed by atoms with Crippen molar-refractivity contribution in [3.05, 3.63) is 47.0 Å². The van der Waals surface area contributed by atoms with Crippen LogP contribution in [0.1, 0.15) is 12.0 Å². The third kappa shape index (κ3) is 4.32. The van der Waals surface area contributed by atoms with Gasteiger partial charge in [-0.2, -0.15) is 0 Å². The zero-order valence-electron chi connectivity index (χ0n) is 13.9. The highest BCUT2D eigenvalue weighted by Gasteiger charge is 2.12. The molecule has 1 amide bonds. The molecule has 0 aliphatic carbocycles. The molecule has 2 aromatic rings. The van der Waals surface area contributed by atoms with Gasteiger partial charge in [-0.05, 0) is 36.8 Å². The van der Waals surface area contributed by atoms with Gasteiger partial charge in [0.1, 0.15) is 17.2 Å². The number of hydrogen-bond donors (Lipinski definition) is 1. The maximum Gasteiger partial charge on any atom is 0.224 e. The predicted molar refractivity (Wildman–Crippen MR) is 94.5 cm³/mol. The number of anilines is 1. The maximum atomic E-state index is 12.2. The minimum Gasteiger partial charge on any atom is -0.496 e. The quantitative estimate of drug-likeness (QED) is 0.822. The number of carbonyl (C=O) groups is 1. The van der Waals surface area contributed by atoms with E-state index >= 15 is 0 Å². The minimum atomic E-state index is -0.121. The molecule has 6 heteroatoms. The van der Waals surface area contributed by atoms with Crippen LogP contribution >= 0.6 is 11.6 Å². The van der Waals surface area contributed by atoms with Crippen molar-refractivity contribution in [3.8, 4) is 17.2 Å². The van der Waals surface area contributed by atoms with E-state index in [0.717, 1.165) is 5.56 Å². The number of nitrogens with one attached hydrogen (secondary N) is 1. The van der Waals surface area contributed by atoms with Gasteiger partial charge in [0.2, 0.25) is 5.91 Å². The summed E-state index contributed by atoms with van der Waals surface area (Å²) < 4.78 is 15.8. The van der Waals surface area contributed by atoms with Gasteiger partial charge in [0.15, 0.2) is 0 Å². The van der Waals surface area contributed by atoms with Crippen LogP contribution in [-0.4, -0.2) is 27.2 Å². The van der Waals surface area contributed by atoms with Gasteiger partial charge >= 0.3 is 0 Å². The van der Waals surface area contributed by atoms with Crippen molar-refractivity contribution >= 4 is 23.2 Å². The van der Waals surface area contributed by atoms with Gasteiger partial charge in [-0.25, -0.2) is 0 Å². The van der Waals surface area contributed by atoms with Gasteiger partial charge in [-0.15, -0.1) is 0 Å². The zero-order valence-corrected chi connectivity index (χ0v) is 14.6. The molecular weight excluding hydrogens is 330 g/mol. The van der Waals surface area contributed by atoms with Crippen LogP contribution in [0.5, 0.6) is 17.2 Å². The number of amides is 1. The highest BCUT2D eigenvalue weighted by Crippen LogP contribution is 2.30. The van der Waals surface area contributed by atoms with Gasteiger partial charge in [0.25, 0.3) is 0 Å². The molecule has 5 nitrogen and oxygen atoms in total. The summed E-state index contributed by atoms with van der Waals surface area (Å²) in [6.45, 7) is 0. The number of rotatable bonds is 7. The highest BCUT2D eigenvalue weighted by molar-refractivity contribution is 6.32. The molecule has 0 atom stereocenters. The fourth-order valence-corrected chi connectivity index (χ4v) is 2.64. The molecule has 0 unspecified atom stereocenters. The van der Waals surface area contributed by atoms with E-state index in [0.29, 0.717) is 40.8 Å². The van der Waals surface area contributed by atoms with Gasteiger partial charge in [0.05, 0.1) is 26.4 Å². The standard InChI is InChI=1S/C18H20ClNO4/c1-22-15-5-4-6-16(23-2)13(15)8-10-18(21)20-12-7-9-17(24-3)14(19)11-12/h4-7,9,11H,8,10H2,1-3H3,(H,20,21). The van der Waals surface area contributed by atoms with Crippen LogP contribution in [0.4, 0.5) is 5.69 Å². The molecule has 0 bridgehead atoms. The number of hydrogen-bond acceptors (Lipinski definition) is 4. The number of benzene rings is 2. The first kappa shape index (κ1) is 17.9. The van der Waals surface area contributed by atoms with E-state index in [9.17, 15) is 4.79 Å². The topological polar surface area (TPSA) is 56.8 Å². The fraction of sp³-hybridized carbons (Fsp3) is 0.278. The van der Waals surface area contributed by atoms with Crippen LogP contribution < -0.4 is 19.5 Å². The molecule has 2 aromatic carbocycles. The van der Waals surface area contributed by atoms with E-state index in [1.54, 1.807) is 39.5 Å². The zero-order chi connectivity index (χ0) is 17.5. The summed E-state index contributed by atoms with van der Waals surface area (Å²) in [4.78, 5) is 12.2. The summed E-state index contributed by atoms with van der Waals surface area (Å²) in [5.41, 5.74) is 1.49. The molecule has 1 N–H and O–H groups in total. The Morgan fingerprint density at radius 3 is 2.17 bits per heavy atom. The molecule has 0 heterocycles. The Labute approximate surface area is 146 Å². The summed E-state index contributed by atoms with van der Waals surface area (Å²) in [6, 6.07) is 10.6. The largest absolute Gasteiger partial charge is 0.496 e. The van der Waals surface area contributed by atoms with E-state index in [1.165, 1.54) is 0 Å². The van der Waals surface area contributed by atoms with Gasteiger partial charge in [-0.3, -0.25) is 4.79 Å². The number of methoxy groups -OCH3 is 3. The lowest BCUT2D eigenvalue weighted by Gasteiger charge is -2.13. The number of ether oxygens (including phenoxy) is 3. The van der Waals surface area contributed by atoms with Crippen LogP contribution in [0, 0.1) is 0 Å². The Kier molecular flexibility index (Phi) is 6.32. The van der Waals surface area contributed by atoms with Crippen molar-refractivity contribution in [2.24, 2.45) is 0 Å². The molecule has 0 fully saturated rings. The van der Waals surface area contributed by atoms with Gasteiger partial charge in [0, 0.05) is 17.7 Å². The van der Waals surface area contributed by atoms with E-state index in [4.69, 9.17) is 25.8 Å². The van der Waals surface area contributed by atoms with Crippen molar-refractivity contribution in [2.45, 2.75) is 12.8 Å². The second kappa shape index (κ2) is 8.45. The minimum absolute atomic E-state index is 0.121. The van der Waals surface area contributed by atoms with Gasteiger partial charge in [-0.1, -0.05) is 17.7 Å². The highest BCUT2D eigenvalue weighted by atomic mass is 35.5. The second-order valence-electron chi connectivity index (χ2n) is 5.04. The molecule has 0 spiro atoms. The fourth-order valence-electron chi connectivity index (χ4n) is 2.38. The van der Waals surface area contributed by atoms with E-state index in [2.05, 4.69) is 5.32 Å². The lowest BCUT2D eigenvalue weighted by atomic mass is 10.1. The third-order valence-corrected chi connectivity index (χ3v) is 3.86. The summed E-state index contributed by atoms with van der Waals surface area (Å²) in [7, 11) is 4.73. The first-order valence-corrected chi connectivity index (χ1v) is 7.80. The molecule has 2 rings (SSSR count). The number of halogens is 1. The Hall–Kier alpha value is -2.40. The Morgan fingerprint density at radius 2 is 1.62 bits per heavy atom. The summed E-state index contributed by atoms with van der Waals surface area (Å²) in [5.74, 6) is 1.85. The van der Waals surface area contributed by atoms with E-state index < -0.39 is 0 Å². The lowest BCUT2D eigenvalue weighted by Crippen LogP contribution is -2.13. The van der Waals surface area contributed by atoms with Crippen LogP contribution in [0.3, 0.4) is 0 Å². The number of carbonyl (C=O) groups excluding carboxylic acids is 1. The van der Waals surface area contributed by atoms with Crippen molar-refractivity contribution in [2.75, 3.05) is 26.6 Å². The summed E-state index contributed by atoms with van der Waals surface area (Å²) in [5, 5.41) is 3.26. The molecule has 0 saturated carbocycles. The van der Waals surface area contributed by atoms with Crippen LogP contribution in [0.2, 0.25) is 5.02 Å². The second-order valence-corrected chi connectivity index (χ2v) is 5.45. The van der Waals surface area contributed by atoms with Crippen LogP contribution in [0.25, 0.3) is 0 Å². The van der Waals surface area contributed by atoms with Crippen LogP contribution in [-0.2, 0) is 11.2 Å². The molecule has 0 saturated heterocycles. The molecule has 0 aromatic heterocycles. The normalized spacial score (nSPS) is 10.2. The van der Waals surface area contributed by atoms with Crippen molar-refractivity contribution in [1.29, 1.82) is 0 Å². The Bertz CT molecular complexity index is 696. The first-order chi connectivity index (χ1) is 11.6. The van der Waals surface area contributed by atoms with Crippen molar-refractivity contribution < 1.29 is 19.0 Å². The SMILES string of the molecule is COc1ccc(NC(=O)CCc2c(OC)cccc2OC)cc1Cl. The van der Waals surface area contributed by atoms with Crippen molar-refractivity contribution in [3.63, 3.8) is 0 Å². The summed E-state index contributed by atoms with van der Waals surface area (Å²) >= 11 is 6.06. The Balaban J connectivity index is 2.02. The van der Waals surface area contributed by atoms with Crippen LogP contribution in [0.15, 0.2) is 36.4 Å². The predicted octanol–water partition coefficient (Wildman–Crippen LogP) is 3.94. The maximum absolute atomic E-state index is 12.2. The lowest BCUT2D eigenvalue weighted by molar-refractivity contribution is -0.116. The molecule has 24 heavy (non-hydrogen) atoms. The molecule has 128 valence electrons. The average molecular weight is 350 g/mol. The Morgan fingerprint density at radius 1 is 1.00 bits per heavy atom. The molecule has 0 aliphatic heterocycles. The van der Waals surface area contributed by atoms with Gasteiger partial charge < -0.3 is 19.5 Å². The summed E-state index contributed by atoms with van der Waals surface area (Å²) in [6.07, 6.45) is 0.795. The molecule has 0 radical (unpaired) electrons. The molecular formula is C18H20ClNO4. The third-order valence-electron chi connectivity index (χ3n) is 3.57. The van der Waals surface area contributed by atoms with E-state index in [-0.39, 0.29) is 5.91 Å². The molecule has 0 aliphatic rings. The monoisotopic (exact) mass is 349 g/mol.